The van der Waals surface area contributed by atoms with E-state index in [1.165, 1.54) is 6.21 Å². The summed E-state index contributed by atoms with van der Waals surface area (Å²) in [5.74, 6) is -0.394. The topological polar surface area (TPSA) is 41.5 Å². The Morgan fingerprint density at radius 3 is 2.62 bits per heavy atom. The molecule has 0 fully saturated rings. The van der Waals surface area contributed by atoms with Crippen LogP contribution in [0.25, 0.3) is 0 Å². The van der Waals surface area contributed by atoms with E-state index in [1.54, 1.807) is 36.4 Å². The fourth-order valence-corrected chi connectivity index (χ4v) is 2.32. The van der Waals surface area contributed by atoms with E-state index in [0.717, 1.165) is 5.56 Å². The van der Waals surface area contributed by atoms with Gasteiger partial charge in [-0.2, -0.15) is 5.10 Å². The molecule has 2 rings (SSSR count). The van der Waals surface area contributed by atoms with Crippen molar-refractivity contribution >= 4 is 46.9 Å². The van der Waals surface area contributed by atoms with Crippen molar-refractivity contribution in [1.29, 1.82) is 0 Å². The van der Waals surface area contributed by atoms with Crippen LogP contribution < -0.4 is 5.43 Å². The van der Waals surface area contributed by atoms with Crippen LogP contribution in [0.1, 0.15) is 21.5 Å². The third-order valence-electron chi connectivity index (χ3n) is 2.72. The van der Waals surface area contributed by atoms with Gasteiger partial charge >= 0.3 is 0 Å². The van der Waals surface area contributed by atoms with Gasteiger partial charge in [0.25, 0.3) is 5.91 Å². The number of carbonyl (C=O) groups is 1. The van der Waals surface area contributed by atoms with Crippen molar-refractivity contribution in [2.24, 2.45) is 5.10 Å². The number of carbonyl (C=O) groups excluding carboxylic acids is 1. The van der Waals surface area contributed by atoms with Crippen LogP contribution in [0.15, 0.2) is 41.5 Å². The van der Waals surface area contributed by atoms with E-state index < -0.39 is 5.91 Å². The Labute approximate surface area is 137 Å². The molecular formula is C15H11Cl3N2O. The van der Waals surface area contributed by atoms with E-state index in [1.807, 2.05) is 6.92 Å². The van der Waals surface area contributed by atoms with Crippen molar-refractivity contribution in [3.8, 4) is 0 Å². The first-order valence-electron chi connectivity index (χ1n) is 6.02. The van der Waals surface area contributed by atoms with E-state index in [2.05, 4.69) is 10.5 Å². The zero-order valence-electron chi connectivity index (χ0n) is 11.0. The summed E-state index contributed by atoms with van der Waals surface area (Å²) < 4.78 is 0. The van der Waals surface area contributed by atoms with Crippen LogP contribution in [0.3, 0.4) is 0 Å². The minimum Gasteiger partial charge on any atom is -0.267 e. The highest BCUT2D eigenvalue weighted by Crippen LogP contribution is 2.24. The van der Waals surface area contributed by atoms with E-state index in [0.29, 0.717) is 26.2 Å². The second-order valence-corrected chi connectivity index (χ2v) is 5.52. The van der Waals surface area contributed by atoms with Gasteiger partial charge in [0.2, 0.25) is 0 Å². The molecule has 0 aromatic heterocycles. The van der Waals surface area contributed by atoms with Gasteiger partial charge < -0.3 is 0 Å². The van der Waals surface area contributed by atoms with E-state index in [9.17, 15) is 4.79 Å². The molecular weight excluding hydrogens is 331 g/mol. The van der Waals surface area contributed by atoms with Gasteiger partial charge in [0.1, 0.15) is 0 Å². The van der Waals surface area contributed by atoms with Gasteiger partial charge in [-0.3, -0.25) is 4.79 Å². The summed E-state index contributed by atoms with van der Waals surface area (Å²) >= 11 is 17.9. The summed E-state index contributed by atoms with van der Waals surface area (Å²) in [4.78, 5) is 12.0. The molecule has 2 aromatic carbocycles. The summed E-state index contributed by atoms with van der Waals surface area (Å²) in [5, 5.41) is 5.04. The number of nitrogens with one attached hydrogen (secondary N) is 1. The molecule has 0 saturated carbocycles. The molecule has 0 saturated heterocycles. The Hall–Kier alpha value is -1.55. The first-order valence-corrected chi connectivity index (χ1v) is 7.16. The van der Waals surface area contributed by atoms with Gasteiger partial charge in [-0.05, 0) is 30.7 Å². The molecule has 6 heteroatoms. The van der Waals surface area contributed by atoms with Crippen LogP contribution in [0, 0.1) is 6.92 Å². The molecule has 0 atom stereocenters. The number of hydrogen-bond donors (Lipinski definition) is 1. The fourth-order valence-electron chi connectivity index (χ4n) is 1.65. The van der Waals surface area contributed by atoms with Crippen LogP contribution in [-0.2, 0) is 0 Å². The molecule has 1 amide bonds. The lowest BCUT2D eigenvalue weighted by Gasteiger charge is -2.04. The lowest BCUT2D eigenvalue weighted by molar-refractivity contribution is 0.0955. The van der Waals surface area contributed by atoms with Crippen molar-refractivity contribution in [3.63, 3.8) is 0 Å². The minimum absolute atomic E-state index is 0.358. The van der Waals surface area contributed by atoms with Crippen LogP contribution in [-0.4, -0.2) is 12.1 Å². The number of nitrogens with zero attached hydrogens (tertiary/aromatic N) is 1. The average molecular weight is 342 g/mol. The zero-order chi connectivity index (χ0) is 15.4. The summed E-state index contributed by atoms with van der Waals surface area (Å²) in [7, 11) is 0. The molecule has 0 spiro atoms. The summed E-state index contributed by atoms with van der Waals surface area (Å²) in [6.45, 7) is 1.90. The minimum atomic E-state index is -0.394. The Kier molecular flexibility index (Phi) is 5.23. The number of rotatable bonds is 3. The number of hydrazone groups is 1. The molecule has 1 N–H and O–H groups in total. The highest BCUT2D eigenvalue weighted by molar-refractivity contribution is 6.43. The molecule has 0 aliphatic heterocycles. The van der Waals surface area contributed by atoms with Crippen molar-refractivity contribution in [3.05, 3.63) is 68.2 Å². The maximum absolute atomic E-state index is 12.0. The number of amides is 1. The van der Waals surface area contributed by atoms with Gasteiger partial charge in [-0.1, -0.05) is 53.0 Å². The van der Waals surface area contributed by atoms with Crippen molar-refractivity contribution < 1.29 is 4.79 Å². The Bertz CT molecular complexity index is 714. The summed E-state index contributed by atoms with van der Waals surface area (Å²) in [5.41, 5.74) is 4.34. The largest absolute Gasteiger partial charge is 0.272 e. The van der Waals surface area contributed by atoms with Crippen molar-refractivity contribution in [1.82, 2.24) is 5.43 Å². The Balaban J connectivity index is 2.10. The number of benzene rings is 2. The van der Waals surface area contributed by atoms with Crippen molar-refractivity contribution in [2.45, 2.75) is 6.92 Å². The highest BCUT2D eigenvalue weighted by Gasteiger charge is 2.09. The Morgan fingerprint density at radius 2 is 1.90 bits per heavy atom. The van der Waals surface area contributed by atoms with E-state index >= 15 is 0 Å². The highest BCUT2D eigenvalue weighted by atomic mass is 35.5. The van der Waals surface area contributed by atoms with Crippen LogP contribution in [0.4, 0.5) is 0 Å². The third-order valence-corrected chi connectivity index (χ3v) is 3.87. The second-order valence-electron chi connectivity index (χ2n) is 4.33. The second kappa shape index (κ2) is 6.94. The van der Waals surface area contributed by atoms with Gasteiger partial charge in [0, 0.05) is 5.56 Å². The maximum Gasteiger partial charge on any atom is 0.272 e. The molecule has 0 heterocycles. The third kappa shape index (κ3) is 3.97. The molecule has 0 radical (unpaired) electrons. The fraction of sp³-hybridized carbons (Fsp3) is 0.0667. The van der Waals surface area contributed by atoms with Gasteiger partial charge in [-0.25, -0.2) is 5.43 Å². The molecule has 0 unspecified atom stereocenters. The predicted octanol–water partition coefficient (Wildman–Crippen LogP) is 4.72. The lowest BCUT2D eigenvalue weighted by Crippen LogP contribution is -2.18. The standard InChI is InChI=1S/C15H11Cl3N2O/c1-9-5-6-11(13(17)7-9)15(21)20-19-8-10-3-2-4-12(16)14(10)18/h2-8H,1H3,(H,20,21)/b19-8+. The number of aryl methyl sites for hydroxylation is 1. The monoisotopic (exact) mass is 340 g/mol. The van der Waals surface area contributed by atoms with E-state index in [4.69, 9.17) is 34.8 Å². The van der Waals surface area contributed by atoms with Crippen molar-refractivity contribution in [2.75, 3.05) is 0 Å². The average Bonchev–Trinajstić information content (AvgIpc) is 2.43. The van der Waals surface area contributed by atoms with Gasteiger partial charge in [-0.15, -0.1) is 0 Å². The summed E-state index contributed by atoms with van der Waals surface area (Å²) in [6, 6.07) is 10.3. The van der Waals surface area contributed by atoms with Crippen LogP contribution in [0.2, 0.25) is 15.1 Å². The predicted molar refractivity (Wildman–Crippen MR) is 87.7 cm³/mol. The Morgan fingerprint density at radius 1 is 1.14 bits per heavy atom. The molecule has 3 nitrogen and oxygen atoms in total. The summed E-state index contributed by atoms with van der Waals surface area (Å²) in [6.07, 6.45) is 1.42. The molecule has 2 aromatic rings. The normalized spacial score (nSPS) is 10.9. The smallest absolute Gasteiger partial charge is 0.267 e. The molecule has 108 valence electrons. The molecule has 21 heavy (non-hydrogen) atoms. The van der Waals surface area contributed by atoms with Crippen LogP contribution in [0.5, 0.6) is 0 Å². The molecule has 0 aliphatic rings. The number of halogens is 3. The SMILES string of the molecule is Cc1ccc(C(=O)N/N=C/c2cccc(Cl)c2Cl)c(Cl)c1. The first-order chi connectivity index (χ1) is 9.99. The van der Waals surface area contributed by atoms with Crippen LogP contribution >= 0.6 is 34.8 Å². The molecule has 0 aliphatic carbocycles. The molecule has 0 bridgehead atoms. The zero-order valence-corrected chi connectivity index (χ0v) is 13.3. The van der Waals surface area contributed by atoms with E-state index in [-0.39, 0.29) is 0 Å². The van der Waals surface area contributed by atoms with Gasteiger partial charge in [0.05, 0.1) is 26.8 Å². The lowest BCUT2D eigenvalue weighted by atomic mass is 10.1. The maximum atomic E-state index is 12.0. The number of hydrogen-bond acceptors (Lipinski definition) is 2. The first kappa shape index (κ1) is 15.8. The quantitative estimate of drug-likeness (QED) is 0.637. The van der Waals surface area contributed by atoms with Gasteiger partial charge in [0.15, 0.2) is 0 Å².